The Morgan fingerprint density at radius 3 is 2.60 bits per heavy atom. The first-order valence-electron chi connectivity index (χ1n) is 7.99. The fourth-order valence-corrected chi connectivity index (χ4v) is 4.24. The number of phenolic OH excluding ortho intramolecular Hbond substituents is 1. The van der Waals surface area contributed by atoms with Crippen molar-refractivity contribution in [3.05, 3.63) is 71.4 Å². The van der Waals surface area contributed by atoms with Gasteiger partial charge in [0.05, 0.1) is 22.4 Å². The van der Waals surface area contributed by atoms with Crippen LogP contribution >= 0.6 is 11.8 Å². The highest BCUT2D eigenvalue weighted by atomic mass is 32.2. The van der Waals surface area contributed by atoms with Crippen molar-refractivity contribution in [1.29, 1.82) is 0 Å². The largest absolute Gasteiger partial charge is 0.508 e. The number of nitrogens with one attached hydrogen (secondary N) is 1. The average molecular weight is 351 g/mol. The summed E-state index contributed by atoms with van der Waals surface area (Å²) >= 11 is 1.57. The smallest absolute Gasteiger partial charge is 0.235 e. The molecule has 4 rings (SSSR count). The molecule has 0 saturated carbocycles. The molecule has 126 valence electrons. The van der Waals surface area contributed by atoms with Crippen LogP contribution in [0.1, 0.15) is 22.1 Å². The first kappa shape index (κ1) is 15.8. The van der Waals surface area contributed by atoms with E-state index in [1.165, 1.54) is 0 Å². The van der Waals surface area contributed by atoms with Gasteiger partial charge in [-0.05, 0) is 36.8 Å². The number of thioether (sulfide) groups is 1. The highest BCUT2D eigenvalue weighted by Gasteiger charge is 2.30. The van der Waals surface area contributed by atoms with Gasteiger partial charge in [-0.3, -0.25) is 4.79 Å². The fourth-order valence-electron chi connectivity index (χ4n) is 3.05. The maximum atomic E-state index is 12.3. The van der Waals surface area contributed by atoms with Crippen molar-refractivity contribution in [1.82, 2.24) is 9.78 Å². The van der Waals surface area contributed by atoms with Gasteiger partial charge < -0.3 is 10.4 Å². The van der Waals surface area contributed by atoms with Gasteiger partial charge in [0, 0.05) is 5.56 Å². The Morgan fingerprint density at radius 2 is 1.88 bits per heavy atom. The minimum atomic E-state index is -0.0374. The van der Waals surface area contributed by atoms with E-state index in [0.717, 1.165) is 28.3 Å². The van der Waals surface area contributed by atoms with E-state index in [1.807, 2.05) is 49.4 Å². The molecule has 2 aromatic carbocycles. The summed E-state index contributed by atoms with van der Waals surface area (Å²) in [6, 6.07) is 16.9. The maximum absolute atomic E-state index is 12.3. The predicted molar refractivity (Wildman–Crippen MR) is 99.3 cm³/mol. The second kappa shape index (κ2) is 6.29. The first-order chi connectivity index (χ1) is 12.1. The van der Waals surface area contributed by atoms with Gasteiger partial charge in [0.1, 0.15) is 11.6 Å². The first-order valence-corrected chi connectivity index (χ1v) is 9.03. The number of para-hydroxylation sites is 1. The fraction of sp³-hybridized carbons (Fsp3) is 0.158. The van der Waals surface area contributed by atoms with E-state index in [2.05, 4.69) is 10.4 Å². The van der Waals surface area contributed by atoms with Gasteiger partial charge in [-0.2, -0.15) is 5.10 Å². The quantitative estimate of drug-likeness (QED) is 0.739. The van der Waals surface area contributed by atoms with E-state index in [1.54, 1.807) is 28.6 Å². The van der Waals surface area contributed by atoms with Crippen LogP contribution in [0.5, 0.6) is 5.75 Å². The number of rotatable bonds is 2. The zero-order valence-electron chi connectivity index (χ0n) is 13.6. The van der Waals surface area contributed by atoms with Crippen LogP contribution in [0.2, 0.25) is 0 Å². The van der Waals surface area contributed by atoms with Crippen LogP contribution in [-0.4, -0.2) is 26.5 Å². The third-order valence-corrected chi connectivity index (χ3v) is 5.47. The molecule has 1 aliphatic heterocycles. The number of carbonyl (C=O) groups excluding carboxylic acids is 1. The lowest BCUT2D eigenvalue weighted by Crippen LogP contribution is -2.15. The number of hydrogen-bond donors (Lipinski definition) is 2. The number of anilines is 1. The van der Waals surface area contributed by atoms with Gasteiger partial charge in [0.25, 0.3) is 0 Å². The molecule has 1 aliphatic rings. The minimum absolute atomic E-state index is 0.0213. The Balaban J connectivity index is 1.88. The van der Waals surface area contributed by atoms with Crippen molar-refractivity contribution in [2.75, 3.05) is 11.1 Å². The number of amides is 1. The van der Waals surface area contributed by atoms with Crippen LogP contribution in [0.3, 0.4) is 0 Å². The molecule has 0 radical (unpaired) electrons. The van der Waals surface area contributed by atoms with E-state index in [9.17, 15) is 9.90 Å². The third kappa shape index (κ3) is 2.89. The molecule has 0 aliphatic carbocycles. The summed E-state index contributed by atoms with van der Waals surface area (Å²) < 4.78 is 1.79. The number of phenols is 1. The van der Waals surface area contributed by atoms with E-state index < -0.39 is 0 Å². The van der Waals surface area contributed by atoms with Crippen LogP contribution in [0.25, 0.3) is 5.69 Å². The number of nitrogens with zero attached hydrogens (tertiary/aromatic N) is 2. The van der Waals surface area contributed by atoms with E-state index in [4.69, 9.17) is 0 Å². The number of fused-ring (bicyclic) bond motifs is 1. The molecule has 1 aromatic heterocycles. The monoisotopic (exact) mass is 351 g/mol. The molecule has 2 N–H and O–H groups in total. The second-order valence-corrected chi connectivity index (χ2v) is 7.02. The van der Waals surface area contributed by atoms with E-state index in [-0.39, 0.29) is 16.9 Å². The average Bonchev–Trinajstić information content (AvgIpc) is 2.83. The van der Waals surface area contributed by atoms with Gasteiger partial charge in [-0.1, -0.05) is 30.3 Å². The summed E-state index contributed by atoms with van der Waals surface area (Å²) in [6.07, 6.45) is 0. The van der Waals surface area contributed by atoms with Gasteiger partial charge >= 0.3 is 0 Å². The summed E-state index contributed by atoms with van der Waals surface area (Å²) in [7, 11) is 0. The highest BCUT2D eigenvalue weighted by Crippen LogP contribution is 2.43. The molecule has 5 nitrogen and oxygen atoms in total. The molecular formula is C19H17N3O2S. The highest BCUT2D eigenvalue weighted by molar-refractivity contribution is 8.00. The van der Waals surface area contributed by atoms with Gasteiger partial charge in [-0.15, -0.1) is 11.8 Å². The van der Waals surface area contributed by atoms with Crippen LogP contribution < -0.4 is 5.32 Å². The van der Waals surface area contributed by atoms with Gasteiger partial charge in [0.15, 0.2) is 0 Å². The third-order valence-electron chi connectivity index (χ3n) is 4.20. The molecule has 0 fully saturated rings. The summed E-state index contributed by atoms with van der Waals surface area (Å²) in [4.78, 5) is 12.3. The predicted octanol–water partition coefficient (Wildman–Crippen LogP) is 3.66. The van der Waals surface area contributed by atoms with Crippen molar-refractivity contribution in [2.45, 2.75) is 12.2 Å². The van der Waals surface area contributed by atoms with Crippen LogP contribution in [0, 0.1) is 6.92 Å². The number of aromatic nitrogens is 2. The van der Waals surface area contributed by atoms with Crippen molar-refractivity contribution >= 4 is 23.5 Å². The molecule has 1 atom stereocenters. The van der Waals surface area contributed by atoms with Crippen molar-refractivity contribution < 1.29 is 9.90 Å². The van der Waals surface area contributed by atoms with Crippen LogP contribution in [0.15, 0.2) is 54.6 Å². The molecule has 0 bridgehead atoms. The number of benzene rings is 2. The number of carbonyl (C=O) groups is 1. The summed E-state index contributed by atoms with van der Waals surface area (Å²) in [5.74, 6) is 1.28. The molecule has 3 aromatic rings. The molecule has 0 spiro atoms. The number of hydrogen-bond acceptors (Lipinski definition) is 4. The zero-order chi connectivity index (χ0) is 17.4. The maximum Gasteiger partial charge on any atom is 0.235 e. The number of aryl methyl sites for hydroxylation is 1. The normalized spacial score (nSPS) is 16.8. The van der Waals surface area contributed by atoms with E-state index >= 15 is 0 Å². The Bertz CT molecular complexity index is 920. The van der Waals surface area contributed by atoms with Crippen LogP contribution in [-0.2, 0) is 4.79 Å². The van der Waals surface area contributed by atoms with Crippen molar-refractivity contribution in [2.24, 2.45) is 0 Å². The molecule has 6 heteroatoms. The Morgan fingerprint density at radius 1 is 1.16 bits per heavy atom. The van der Waals surface area contributed by atoms with Gasteiger partial charge in [-0.25, -0.2) is 4.68 Å². The van der Waals surface area contributed by atoms with Crippen LogP contribution in [0.4, 0.5) is 5.82 Å². The zero-order valence-corrected chi connectivity index (χ0v) is 14.5. The SMILES string of the molecule is Cc1nn(-c2ccccc2)c2c1[C@@H](c1ccc(O)cc1)SCC(=O)N2. The molecule has 25 heavy (non-hydrogen) atoms. The Labute approximate surface area is 149 Å². The van der Waals surface area contributed by atoms with E-state index in [0.29, 0.717) is 5.75 Å². The molecule has 2 heterocycles. The lowest BCUT2D eigenvalue weighted by Gasteiger charge is -2.15. The Kier molecular flexibility index (Phi) is 3.97. The number of aromatic hydroxyl groups is 1. The second-order valence-electron chi connectivity index (χ2n) is 5.93. The van der Waals surface area contributed by atoms with Gasteiger partial charge in [0.2, 0.25) is 5.91 Å². The molecule has 0 saturated heterocycles. The standard InChI is InChI=1S/C19H17N3O2S/c1-12-17-18(13-7-9-15(23)10-8-13)25-11-16(24)20-19(17)22(21-12)14-5-3-2-4-6-14/h2-10,18,23H,11H2,1H3,(H,20,24)/t18-/m1/s1. The summed E-state index contributed by atoms with van der Waals surface area (Å²) in [6.45, 7) is 1.96. The lowest BCUT2D eigenvalue weighted by atomic mass is 10.0. The molecular weight excluding hydrogens is 334 g/mol. The topological polar surface area (TPSA) is 67.1 Å². The summed E-state index contributed by atoms with van der Waals surface area (Å²) in [5.41, 5.74) is 3.83. The molecule has 0 unspecified atom stereocenters. The Hall–Kier alpha value is -2.73. The summed E-state index contributed by atoms with van der Waals surface area (Å²) in [5, 5.41) is 17.2. The van der Waals surface area contributed by atoms with Crippen molar-refractivity contribution in [3.63, 3.8) is 0 Å². The lowest BCUT2D eigenvalue weighted by molar-refractivity contribution is -0.113. The van der Waals surface area contributed by atoms with Crippen molar-refractivity contribution in [3.8, 4) is 11.4 Å². The molecule has 1 amide bonds. The minimum Gasteiger partial charge on any atom is -0.508 e.